The van der Waals surface area contributed by atoms with Crippen LogP contribution in [0.1, 0.15) is 13.8 Å². The molecule has 0 aromatic heterocycles. The molecule has 12 heavy (non-hydrogen) atoms. The molecule has 0 bridgehead atoms. The minimum absolute atomic E-state index is 0.00565. The van der Waals surface area contributed by atoms with E-state index in [1.54, 1.807) is 14.1 Å². The average Bonchev–Trinajstić information content (AvgIpc) is 2.03. The molecule has 1 fully saturated rings. The summed E-state index contributed by atoms with van der Waals surface area (Å²) in [6.45, 7) is 3.72. The van der Waals surface area contributed by atoms with E-state index in [4.69, 9.17) is 0 Å². The van der Waals surface area contributed by atoms with Gasteiger partial charge in [0.25, 0.3) is 0 Å². The van der Waals surface area contributed by atoms with Gasteiger partial charge in [-0.3, -0.25) is 9.69 Å². The third-order valence-electron chi connectivity index (χ3n) is 2.35. The van der Waals surface area contributed by atoms with E-state index >= 15 is 0 Å². The second-order valence-electron chi connectivity index (χ2n) is 3.41. The smallest absolute Gasteiger partial charge is 0.326 e. The molecule has 0 radical (unpaired) electrons. The predicted molar refractivity (Wildman–Crippen MR) is 44.6 cm³/mol. The SMILES string of the molecule is C[C@@H]1C(=O)N(C(=O)N(C)C)[C@H]1C. The fourth-order valence-corrected chi connectivity index (χ4v) is 1.25. The Labute approximate surface area is 72.1 Å². The Morgan fingerprint density at radius 1 is 1.42 bits per heavy atom. The van der Waals surface area contributed by atoms with E-state index < -0.39 is 0 Å². The van der Waals surface area contributed by atoms with E-state index in [-0.39, 0.29) is 23.9 Å². The van der Waals surface area contributed by atoms with Crippen LogP contribution in [0.15, 0.2) is 0 Å². The van der Waals surface area contributed by atoms with Gasteiger partial charge in [-0.05, 0) is 6.92 Å². The number of urea groups is 1. The molecule has 1 saturated heterocycles. The Morgan fingerprint density at radius 3 is 2.25 bits per heavy atom. The molecule has 0 aromatic carbocycles. The van der Waals surface area contributed by atoms with Crippen LogP contribution in [-0.4, -0.2) is 41.9 Å². The third kappa shape index (κ3) is 1.07. The van der Waals surface area contributed by atoms with Crippen molar-refractivity contribution in [3.8, 4) is 0 Å². The van der Waals surface area contributed by atoms with Crippen molar-refractivity contribution in [2.75, 3.05) is 14.1 Å². The molecule has 1 aliphatic rings. The Kier molecular flexibility index (Phi) is 2.08. The number of carbonyl (C=O) groups is 2. The summed E-state index contributed by atoms with van der Waals surface area (Å²) in [6, 6.07) is -0.169. The maximum Gasteiger partial charge on any atom is 0.326 e. The van der Waals surface area contributed by atoms with Crippen molar-refractivity contribution in [3.63, 3.8) is 0 Å². The van der Waals surface area contributed by atoms with Gasteiger partial charge in [0.2, 0.25) is 5.91 Å². The van der Waals surface area contributed by atoms with Crippen LogP contribution < -0.4 is 0 Å². The molecule has 0 aliphatic carbocycles. The van der Waals surface area contributed by atoms with Crippen molar-refractivity contribution in [2.24, 2.45) is 5.92 Å². The van der Waals surface area contributed by atoms with E-state index in [1.165, 1.54) is 9.80 Å². The van der Waals surface area contributed by atoms with Gasteiger partial charge in [0.15, 0.2) is 0 Å². The monoisotopic (exact) mass is 170 g/mol. The molecule has 0 saturated carbocycles. The first-order valence-electron chi connectivity index (χ1n) is 4.01. The minimum atomic E-state index is -0.217. The lowest BCUT2D eigenvalue weighted by Gasteiger charge is -2.42. The van der Waals surface area contributed by atoms with Crippen LogP contribution in [0.5, 0.6) is 0 Å². The van der Waals surface area contributed by atoms with E-state index in [2.05, 4.69) is 0 Å². The molecule has 68 valence electrons. The van der Waals surface area contributed by atoms with Gasteiger partial charge in [-0.25, -0.2) is 4.79 Å². The van der Waals surface area contributed by atoms with Crippen LogP contribution in [0, 0.1) is 5.92 Å². The van der Waals surface area contributed by atoms with Crippen LogP contribution >= 0.6 is 0 Å². The summed E-state index contributed by atoms with van der Waals surface area (Å²) >= 11 is 0. The van der Waals surface area contributed by atoms with Crippen LogP contribution in [0.2, 0.25) is 0 Å². The van der Waals surface area contributed by atoms with Gasteiger partial charge in [-0.1, -0.05) is 6.92 Å². The zero-order valence-corrected chi connectivity index (χ0v) is 7.87. The van der Waals surface area contributed by atoms with Gasteiger partial charge in [0, 0.05) is 20.1 Å². The van der Waals surface area contributed by atoms with Gasteiger partial charge < -0.3 is 4.90 Å². The standard InChI is InChI=1S/C8H14N2O2/c1-5-6(2)10(7(5)11)8(12)9(3)4/h5-6H,1-4H3/t5-,6-/m0/s1. The number of β-lactam (4-membered cyclic amide) rings is 1. The molecule has 0 spiro atoms. The van der Waals surface area contributed by atoms with Gasteiger partial charge in [-0.15, -0.1) is 0 Å². The minimum Gasteiger partial charge on any atom is -0.330 e. The summed E-state index contributed by atoms with van der Waals surface area (Å²) in [5.74, 6) is -0.0740. The first-order chi connectivity index (χ1) is 5.46. The maximum absolute atomic E-state index is 11.3. The number of imide groups is 1. The molecular weight excluding hydrogens is 156 g/mol. The third-order valence-corrected chi connectivity index (χ3v) is 2.35. The molecule has 4 heteroatoms. The second-order valence-corrected chi connectivity index (χ2v) is 3.41. The average molecular weight is 170 g/mol. The molecule has 3 amide bonds. The lowest BCUT2D eigenvalue weighted by Crippen LogP contribution is -2.62. The zero-order chi connectivity index (χ0) is 9.46. The summed E-state index contributed by atoms with van der Waals surface area (Å²) in [4.78, 5) is 25.2. The highest BCUT2D eigenvalue weighted by Gasteiger charge is 2.45. The molecule has 0 unspecified atom stereocenters. The van der Waals surface area contributed by atoms with Gasteiger partial charge in [0.05, 0.1) is 5.92 Å². The van der Waals surface area contributed by atoms with Crippen LogP contribution in [0.3, 0.4) is 0 Å². The van der Waals surface area contributed by atoms with Crippen LogP contribution in [0.4, 0.5) is 4.79 Å². The van der Waals surface area contributed by atoms with Crippen LogP contribution in [0.25, 0.3) is 0 Å². The summed E-state index contributed by atoms with van der Waals surface area (Å²) in [5, 5.41) is 0. The quantitative estimate of drug-likeness (QED) is 0.498. The summed E-state index contributed by atoms with van der Waals surface area (Å²) < 4.78 is 0. The summed E-state index contributed by atoms with van der Waals surface area (Å²) in [7, 11) is 3.29. The van der Waals surface area contributed by atoms with Gasteiger partial charge >= 0.3 is 6.03 Å². The molecule has 1 heterocycles. The number of nitrogens with zero attached hydrogens (tertiary/aromatic N) is 2. The van der Waals surface area contributed by atoms with Gasteiger partial charge in [-0.2, -0.15) is 0 Å². The van der Waals surface area contributed by atoms with Crippen molar-refractivity contribution in [1.29, 1.82) is 0 Å². The zero-order valence-electron chi connectivity index (χ0n) is 7.87. The molecule has 1 aliphatic heterocycles. The number of hydrogen-bond acceptors (Lipinski definition) is 2. The second kappa shape index (κ2) is 2.77. The van der Waals surface area contributed by atoms with Crippen LogP contribution in [-0.2, 0) is 4.79 Å². The Morgan fingerprint density at radius 2 is 1.92 bits per heavy atom. The van der Waals surface area contributed by atoms with E-state index in [0.717, 1.165) is 0 Å². The van der Waals surface area contributed by atoms with Gasteiger partial charge in [0.1, 0.15) is 0 Å². The molecule has 0 N–H and O–H groups in total. The Balaban J connectivity index is 2.67. The fourth-order valence-electron chi connectivity index (χ4n) is 1.25. The first-order valence-corrected chi connectivity index (χ1v) is 4.01. The van der Waals surface area contributed by atoms with Crippen molar-refractivity contribution >= 4 is 11.9 Å². The van der Waals surface area contributed by atoms with E-state index in [1.807, 2.05) is 13.8 Å². The maximum atomic E-state index is 11.3. The molecular formula is C8H14N2O2. The number of rotatable bonds is 0. The van der Waals surface area contributed by atoms with E-state index in [0.29, 0.717) is 0 Å². The predicted octanol–water partition coefficient (Wildman–Crippen LogP) is 0.535. The van der Waals surface area contributed by atoms with Crippen molar-refractivity contribution in [2.45, 2.75) is 19.9 Å². The number of hydrogen-bond donors (Lipinski definition) is 0. The summed E-state index contributed by atoms with van der Waals surface area (Å²) in [5.41, 5.74) is 0. The normalized spacial score (nSPS) is 28.3. The Hall–Kier alpha value is -1.06. The molecule has 2 atom stereocenters. The molecule has 1 rings (SSSR count). The highest BCUT2D eigenvalue weighted by Crippen LogP contribution is 2.26. The lowest BCUT2D eigenvalue weighted by atomic mass is 9.91. The molecule has 0 aromatic rings. The highest BCUT2D eigenvalue weighted by molar-refractivity contribution is 6.00. The first kappa shape index (κ1) is 9.03. The summed E-state index contributed by atoms with van der Waals surface area (Å²) in [6.07, 6.45) is 0. The topological polar surface area (TPSA) is 40.6 Å². The fraction of sp³-hybridized carbons (Fsp3) is 0.750. The lowest BCUT2D eigenvalue weighted by molar-refractivity contribution is -0.148. The largest absolute Gasteiger partial charge is 0.330 e. The molecule has 4 nitrogen and oxygen atoms in total. The van der Waals surface area contributed by atoms with Crippen molar-refractivity contribution in [3.05, 3.63) is 0 Å². The highest BCUT2D eigenvalue weighted by atomic mass is 16.2. The number of amides is 3. The van der Waals surface area contributed by atoms with Crippen molar-refractivity contribution in [1.82, 2.24) is 9.80 Å². The number of likely N-dealkylation sites (tertiary alicyclic amines) is 1. The van der Waals surface area contributed by atoms with E-state index in [9.17, 15) is 9.59 Å². The number of carbonyl (C=O) groups excluding carboxylic acids is 2. The Bertz CT molecular complexity index is 225. The van der Waals surface area contributed by atoms with Crippen molar-refractivity contribution < 1.29 is 9.59 Å².